The Morgan fingerprint density at radius 2 is 1.91 bits per heavy atom. The standard InChI is InChI=1S/C30H30ClFN6O4S/c1-6-24(39)36-13-14-37(18(4)16-36)27-21-15-23(32)25(20-9-7-8-10-22(20)31)34-28(21)38(30(40)35-27)26-19(17(2)3)11-12-33-29(26)43(5,41)42/h6-12,15,17-18H,1,13-14,16H2,2-5H3/t18-/m0/s1. The maximum Gasteiger partial charge on any atom is 0.355 e. The van der Waals surface area contributed by atoms with Crippen LogP contribution in [0.1, 0.15) is 32.3 Å². The van der Waals surface area contributed by atoms with Crippen molar-refractivity contribution in [2.75, 3.05) is 30.8 Å². The number of halogens is 2. The number of hydrogen-bond acceptors (Lipinski definition) is 8. The summed E-state index contributed by atoms with van der Waals surface area (Å²) in [7, 11) is -3.93. The Kier molecular flexibility index (Phi) is 8.10. The van der Waals surface area contributed by atoms with Gasteiger partial charge in [-0.3, -0.25) is 4.79 Å². The first-order valence-corrected chi connectivity index (χ1v) is 15.9. The Bertz CT molecular complexity index is 1950. The van der Waals surface area contributed by atoms with Crippen LogP contribution >= 0.6 is 11.6 Å². The molecule has 4 heterocycles. The molecule has 1 aliphatic rings. The molecule has 1 fully saturated rings. The number of nitrogens with zero attached hydrogens (tertiary/aromatic N) is 6. The van der Waals surface area contributed by atoms with Gasteiger partial charge in [-0.1, -0.05) is 50.2 Å². The molecule has 1 saturated heterocycles. The van der Waals surface area contributed by atoms with Gasteiger partial charge in [-0.15, -0.1) is 0 Å². The number of carbonyl (C=O) groups excluding carboxylic acids is 1. The molecule has 224 valence electrons. The molecule has 0 aliphatic carbocycles. The lowest BCUT2D eigenvalue weighted by molar-refractivity contribution is -0.126. The van der Waals surface area contributed by atoms with Crippen LogP contribution in [0.25, 0.3) is 28.0 Å². The maximum absolute atomic E-state index is 15.9. The number of anilines is 1. The second kappa shape index (κ2) is 11.5. The molecule has 1 atom stereocenters. The first-order chi connectivity index (χ1) is 20.3. The van der Waals surface area contributed by atoms with Gasteiger partial charge in [0.1, 0.15) is 17.3 Å². The number of piperazine rings is 1. The monoisotopic (exact) mass is 624 g/mol. The van der Waals surface area contributed by atoms with E-state index < -0.39 is 21.3 Å². The molecule has 0 N–H and O–H groups in total. The minimum atomic E-state index is -3.93. The molecule has 10 nitrogen and oxygen atoms in total. The molecule has 1 amide bonds. The van der Waals surface area contributed by atoms with Crippen molar-refractivity contribution in [1.82, 2.24) is 24.4 Å². The summed E-state index contributed by atoms with van der Waals surface area (Å²) >= 11 is 6.42. The normalized spacial score (nSPS) is 15.7. The van der Waals surface area contributed by atoms with E-state index in [0.717, 1.165) is 10.8 Å². The van der Waals surface area contributed by atoms with Crippen molar-refractivity contribution in [3.8, 4) is 16.9 Å². The largest absolute Gasteiger partial charge is 0.355 e. The number of fused-ring (bicyclic) bond motifs is 1. The number of amides is 1. The van der Waals surface area contributed by atoms with Crippen LogP contribution in [-0.2, 0) is 14.6 Å². The van der Waals surface area contributed by atoms with Gasteiger partial charge >= 0.3 is 5.69 Å². The summed E-state index contributed by atoms with van der Waals surface area (Å²) in [4.78, 5) is 42.9. The van der Waals surface area contributed by atoms with E-state index in [2.05, 4.69) is 21.5 Å². The second-order valence-corrected chi connectivity index (χ2v) is 13.1. The summed E-state index contributed by atoms with van der Waals surface area (Å²) in [6.07, 6.45) is 3.62. The van der Waals surface area contributed by atoms with E-state index in [0.29, 0.717) is 30.8 Å². The van der Waals surface area contributed by atoms with Gasteiger partial charge in [0, 0.05) is 43.7 Å². The number of carbonyl (C=O) groups is 1. The van der Waals surface area contributed by atoms with Crippen LogP contribution in [0.3, 0.4) is 0 Å². The van der Waals surface area contributed by atoms with Gasteiger partial charge in [0.25, 0.3) is 0 Å². The topological polar surface area (TPSA) is 118 Å². The third-order valence-electron chi connectivity index (χ3n) is 7.43. The van der Waals surface area contributed by atoms with E-state index in [9.17, 15) is 18.0 Å². The van der Waals surface area contributed by atoms with E-state index in [4.69, 9.17) is 11.6 Å². The van der Waals surface area contributed by atoms with Crippen molar-refractivity contribution in [2.45, 2.75) is 37.8 Å². The Morgan fingerprint density at radius 1 is 1.19 bits per heavy atom. The van der Waals surface area contributed by atoms with E-state index in [-0.39, 0.29) is 56.1 Å². The fourth-order valence-corrected chi connectivity index (χ4v) is 6.42. The van der Waals surface area contributed by atoms with Crippen LogP contribution in [0.15, 0.2) is 65.1 Å². The molecular formula is C30H30ClFN6O4S. The fourth-order valence-electron chi connectivity index (χ4n) is 5.38. The van der Waals surface area contributed by atoms with Crippen LogP contribution in [0, 0.1) is 5.82 Å². The molecule has 0 saturated carbocycles. The summed E-state index contributed by atoms with van der Waals surface area (Å²) in [5.74, 6) is -0.981. The lowest BCUT2D eigenvalue weighted by Gasteiger charge is -2.40. The van der Waals surface area contributed by atoms with Crippen molar-refractivity contribution < 1.29 is 17.6 Å². The minimum Gasteiger partial charge on any atom is -0.350 e. The highest BCUT2D eigenvalue weighted by Crippen LogP contribution is 2.36. The van der Waals surface area contributed by atoms with Gasteiger partial charge in [-0.2, -0.15) is 4.98 Å². The minimum absolute atomic E-state index is 0.00714. The number of benzene rings is 1. The Morgan fingerprint density at radius 3 is 2.53 bits per heavy atom. The van der Waals surface area contributed by atoms with Gasteiger partial charge in [0.2, 0.25) is 5.91 Å². The molecule has 1 aromatic carbocycles. The predicted octanol–water partition coefficient (Wildman–Crippen LogP) is 4.39. The zero-order valence-corrected chi connectivity index (χ0v) is 25.7. The Balaban J connectivity index is 1.88. The maximum atomic E-state index is 15.9. The number of aromatic nitrogens is 4. The van der Waals surface area contributed by atoms with Crippen molar-refractivity contribution >= 4 is 44.2 Å². The molecule has 0 unspecified atom stereocenters. The van der Waals surface area contributed by atoms with Gasteiger partial charge in [0.15, 0.2) is 20.5 Å². The molecule has 5 rings (SSSR count). The highest BCUT2D eigenvalue weighted by atomic mass is 35.5. The number of hydrogen-bond donors (Lipinski definition) is 0. The highest BCUT2D eigenvalue weighted by molar-refractivity contribution is 7.90. The van der Waals surface area contributed by atoms with Crippen molar-refractivity contribution in [2.24, 2.45) is 0 Å². The Hall–Kier alpha value is -4.16. The van der Waals surface area contributed by atoms with Crippen LogP contribution in [0.5, 0.6) is 0 Å². The third kappa shape index (κ3) is 5.52. The van der Waals surface area contributed by atoms with Crippen molar-refractivity contribution in [3.63, 3.8) is 0 Å². The molecule has 0 spiro atoms. The molecular weight excluding hydrogens is 595 g/mol. The SMILES string of the molecule is C=CC(=O)N1CCN(c2nc(=O)n(-c3c(C(C)C)ccnc3S(C)(=O)=O)c3nc(-c4ccccc4Cl)c(F)cc23)[C@@H](C)C1. The number of rotatable bonds is 6. The summed E-state index contributed by atoms with van der Waals surface area (Å²) in [5.41, 5.74) is -0.124. The summed E-state index contributed by atoms with van der Waals surface area (Å²) in [6, 6.07) is 9.15. The van der Waals surface area contributed by atoms with E-state index >= 15 is 4.39 Å². The third-order valence-corrected chi connectivity index (χ3v) is 8.77. The second-order valence-electron chi connectivity index (χ2n) is 10.7. The zero-order chi connectivity index (χ0) is 31.2. The zero-order valence-electron chi connectivity index (χ0n) is 24.1. The quantitative estimate of drug-likeness (QED) is 0.290. The lowest BCUT2D eigenvalue weighted by atomic mass is 10.0. The van der Waals surface area contributed by atoms with Crippen molar-refractivity contribution in [3.05, 3.63) is 82.1 Å². The lowest BCUT2D eigenvalue weighted by Crippen LogP contribution is -2.54. The molecule has 0 bridgehead atoms. The van der Waals surface area contributed by atoms with Crippen LogP contribution in [0.2, 0.25) is 5.02 Å². The van der Waals surface area contributed by atoms with Crippen molar-refractivity contribution in [1.29, 1.82) is 0 Å². The van der Waals surface area contributed by atoms with Gasteiger partial charge in [0.05, 0.1) is 16.1 Å². The molecule has 4 aromatic rings. The van der Waals surface area contributed by atoms with Gasteiger partial charge in [-0.05, 0) is 42.7 Å². The summed E-state index contributed by atoms with van der Waals surface area (Å²) in [5, 5.41) is 0.0994. The smallest absolute Gasteiger partial charge is 0.350 e. The molecule has 13 heteroatoms. The number of pyridine rings is 2. The van der Waals surface area contributed by atoms with E-state index in [1.165, 1.54) is 18.3 Å². The van der Waals surface area contributed by atoms with E-state index in [1.807, 2.05) is 25.7 Å². The molecule has 3 aromatic heterocycles. The fraction of sp³-hybridized carbons (Fsp3) is 0.300. The average molecular weight is 625 g/mol. The number of sulfone groups is 1. The summed E-state index contributed by atoms with van der Waals surface area (Å²) in [6.45, 7) is 10.1. The highest BCUT2D eigenvalue weighted by Gasteiger charge is 2.31. The first-order valence-electron chi connectivity index (χ1n) is 13.6. The van der Waals surface area contributed by atoms with Crippen LogP contribution in [-0.4, -0.2) is 70.7 Å². The molecule has 43 heavy (non-hydrogen) atoms. The first kappa shape index (κ1) is 30.3. The van der Waals surface area contributed by atoms with Gasteiger partial charge < -0.3 is 9.80 Å². The average Bonchev–Trinajstić information content (AvgIpc) is 2.96. The predicted molar refractivity (Wildman–Crippen MR) is 164 cm³/mol. The van der Waals surface area contributed by atoms with Crippen LogP contribution < -0.4 is 10.6 Å². The van der Waals surface area contributed by atoms with Gasteiger partial charge in [-0.25, -0.2) is 32.1 Å². The Labute approximate surface area is 253 Å². The summed E-state index contributed by atoms with van der Waals surface area (Å²) < 4.78 is 42.9. The van der Waals surface area contributed by atoms with E-state index in [1.54, 1.807) is 35.2 Å². The molecule has 1 aliphatic heterocycles. The van der Waals surface area contributed by atoms with Crippen LogP contribution in [0.4, 0.5) is 10.2 Å². The molecule has 0 radical (unpaired) electrons.